The summed E-state index contributed by atoms with van der Waals surface area (Å²) < 4.78 is 77.3. The average Bonchev–Trinajstić information content (AvgIpc) is 2.24. The number of aliphatic hydroxyl groups excluding tert-OH is 1. The van der Waals surface area contributed by atoms with Crippen LogP contribution in [0.2, 0.25) is 0 Å². The van der Waals surface area contributed by atoms with Crippen LogP contribution in [0.1, 0.15) is 16.8 Å². The number of pyridine rings is 1. The zero-order chi connectivity index (χ0) is 14.8. The van der Waals surface area contributed by atoms with Gasteiger partial charge in [0.15, 0.2) is 5.75 Å². The summed E-state index contributed by atoms with van der Waals surface area (Å²) in [5, 5.41) is 8.92. The van der Waals surface area contributed by atoms with Gasteiger partial charge in [0.25, 0.3) is 0 Å². The van der Waals surface area contributed by atoms with Crippen molar-refractivity contribution in [3.8, 4) is 5.75 Å². The van der Waals surface area contributed by atoms with E-state index in [2.05, 4.69) is 9.72 Å². The lowest BCUT2D eigenvalue weighted by Crippen LogP contribution is -2.22. The SMILES string of the molecule is NCc1c(C(F)(F)F)ncc(OC(F)(F)F)c1CO. The molecule has 0 spiro atoms. The van der Waals surface area contributed by atoms with Crippen LogP contribution >= 0.6 is 0 Å². The second-order valence-corrected chi connectivity index (χ2v) is 3.34. The zero-order valence-electron chi connectivity index (χ0n) is 9.14. The molecule has 0 aliphatic rings. The van der Waals surface area contributed by atoms with E-state index in [1.54, 1.807) is 0 Å². The molecule has 3 N–H and O–H groups in total. The third-order valence-corrected chi connectivity index (χ3v) is 2.11. The van der Waals surface area contributed by atoms with Crippen LogP contribution in [0, 0.1) is 0 Å². The van der Waals surface area contributed by atoms with Crippen LogP contribution in [0.15, 0.2) is 6.20 Å². The van der Waals surface area contributed by atoms with Crippen LogP contribution in [-0.4, -0.2) is 16.5 Å². The van der Waals surface area contributed by atoms with Crippen LogP contribution in [0.25, 0.3) is 0 Å². The molecule has 1 aromatic heterocycles. The molecule has 0 bridgehead atoms. The Bertz CT molecular complexity index is 457. The molecule has 0 amide bonds. The standard InChI is InChI=1S/C9H8F6N2O2/c10-8(11,12)7-4(1-16)5(3-18)6(2-17-7)19-9(13,14)15/h2,18H,1,3,16H2. The van der Waals surface area contributed by atoms with Gasteiger partial charge in [0.2, 0.25) is 0 Å². The minimum absolute atomic E-state index is 0.251. The fourth-order valence-corrected chi connectivity index (χ4v) is 1.42. The quantitative estimate of drug-likeness (QED) is 0.835. The second kappa shape index (κ2) is 5.21. The van der Waals surface area contributed by atoms with E-state index in [4.69, 9.17) is 10.8 Å². The lowest BCUT2D eigenvalue weighted by molar-refractivity contribution is -0.275. The molecule has 0 aliphatic heterocycles. The van der Waals surface area contributed by atoms with Crippen LogP contribution in [0.4, 0.5) is 26.3 Å². The van der Waals surface area contributed by atoms with Gasteiger partial charge in [-0.25, -0.2) is 4.98 Å². The summed E-state index contributed by atoms with van der Waals surface area (Å²) in [7, 11) is 0. The molecule has 4 nitrogen and oxygen atoms in total. The molecule has 108 valence electrons. The molecule has 0 saturated carbocycles. The molecule has 19 heavy (non-hydrogen) atoms. The summed E-state index contributed by atoms with van der Waals surface area (Å²) in [6, 6.07) is 0. The monoisotopic (exact) mass is 290 g/mol. The van der Waals surface area contributed by atoms with Crippen LogP contribution in [0.3, 0.4) is 0 Å². The van der Waals surface area contributed by atoms with Gasteiger partial charge in [-0.3, -0.25) is 0 Å². The highest BCUT2D eigenvalue weighted by Crippen LogP contribution is 2.36. The minimum atomic E-state index is -5.11. The van der Waals surface area contributed by atoms with Crippen molar-refractivity contribution in [3.63, 3.8) is 0 Å². The summed E-state index contributed by atoms with van der Waals surface area (Å²) in [6.45, 7) is -1.84. The van der Waals surface area contributed by atoms with Crippen LogP contribution in [-0.2, 0) is 19.3 Å². The molecule has 1 aromatic rings. The molecular formula is C9H8F6N2O2. The van der Waals surface area contributed by atoms with Crippen molar-refractivity contribution in [2.45, 2.75) is 25.7 Å². The molecule has 0 radical (unpaired) electrons. The first kappa shape index (κ1) is 15.5. The lowest BCUT2D eigenvalue weighted by Gasteiger charge is -2.18. The lowest BCUT2D eigenvalue weighted by atomic mass is 10.1. The van der Waals surface area contributed by atoms with Crippen LogP contribution in [0.5, 0.6) is 5.75 Å². The number of nitrogens with two attached hydrogens (primary N) is 1. The predicted molar refractivity (Wildman–Crippen MR) is 49.7 cm³/mol. The summed E-state index contributed by atoms with van der Waals surface area (Å²) in [4.78, 5) is 2.87. The highest BCUT2D eigenvalue weighted by Gasteiger charge is 2.38. The van der Waals surface area contributed by atoms with Gasteiger partial charge in [-0.05, 0) is 0 Å². The van der Waals surface area contributed by atoms with Crippen molar-refractivity contribution in [3.05, 3.63) is 23.0 Å². The number of alkyl halides is 6. The molecule has 0 unspecified atom stereocenters. The molecule has 1 heterocycles. The Morgan fingerprint density at radius 1 is 1.16 bits per heavy atom. The number of hydrogen-bond donors (Lipinski definition) is 2. The predicted octanol–water partition coefficient (Wildman–Crippen LogP) is 1.95. The number of aliphatic hydroxyl groups is 1. The first-order valence-electron chi connectivity index (χ1n) is 4.74. The molecule has 0 fully saturated rings. The maximum absolute atomic E-state index is 12.6. The van der Waals surface area contributed by atoms with E-state index >= 15 is 0 Å². The Morgan fingerprint density at radius 3 is 2.11 bits per heavy atom. The molecule has 10 heteroatoms. The maximum atomic E-state index is 12.6. The second-order valence-electron chi connectivity index (χ2n) is 3.34. The zero-order valence-corrected chi connectivity index (χ0v) is 9.14. The summed E-state index contributed by atoms with van der Waals surface area (Å²) in [5.41, 5.74) is 2.19. The Morgan fingerprint density at radius 2 is 1.74 bits per heavy atom. The van der Waals surface area contributed by atoms with Gasteiger partial charge in [0.1, 0.15) is 5.69 Å². The van der Waals surface area contributed by atoms with Gasteiger partial charge in [-0.15, -0.1) is 13.2 Å². The van der Waals surface area contributed by atoms with Gasteiger partial charge >= 0.3 is 12.5 Å². The fourth-order valence-electron chi connectivity index (χ4n) is 1.42. The molecule has 0 aromatic carbocycles. The van der Waals surface area contributed by atoms with E-state index in [1.807, 2.05) is 0 Å². The molecule has 1 rings (SSSR count). The van der Waals surface area contributed by atoms with E-state index in [0.717, 1.165) is 0 Å². The van der Waals surface area contributed by atoms with Gasteiger partial charge < -0.3 is 15.6 Å². The summed E-state index contributed by atoms with van der Waals surface area (Å²) >= 11 is 0. The smallest absolute Gasteiger partial charge is 0.404 e. The third-order valence-electron chi connectivity index (χ3n) is 2.11. The van der Waals surface area contributed by atoms with Crippen molar-refractivity contribution in [2.75, 3.05) is 0 Å². The summed E-state index contributed by atoms with van der Waals surface area (Å²) in [5.74, 6) is -1.01. The van der Waals surface area contributed by atoms with Crippen molar-refractivity contribution in [1.29, 1.82) is 0 Å². The van der Waals surface area contributed by atoms with Gasteiger partial charge in [0.05, 0.1) is 12.8 Å². The fraction of sp³-hybridized carbons (Fsp3) is 0.444. The van der Waals surface area contributed by atoms with Crippen LogP contribution < -0.4 is 10.5 Å². The van der Waals surface area contributed by atoms with Crippen molar-refractivity contribution in [1.82, 2.24) is 4.98 Å². The molecule has 0 atom stereocenters. The third kappa shape index (κ3) is 3.70. The number of rotatable bonds is 3. The van der Waals surface area contributed by atoms with Gasteiger partial charge in [0, 0.05) is 17.7 Å². The maximum Gasteiger partial charge on any atom is 0.573 e. The molecule has 0 saturated heterocycles. The Balaban J connectivity index is 3.39. The van der Waals surface area contributed by atoms with E-state index in [-0.39, 0.29) is 6.20 Å². The summed E-state index contributed by atoms with van der Waals surface area (Å²) in [6.07, 6.45) is -9.76. The highest BCUT2D eigenvalue weighted by atomic mass is 19.4. The first-order valence-corrected chi connectivity index (χ1v) is 4.74. The first-order chi connectivity index (χ1) is 8.60. The largest absolute Gasteiger partial charge is 0.573 e. The van der Waals surface area contributed by atoms with E-state index in [9.17, 15) is 26.3 Å². The highest BCUT2D eigenvalue weighted by molar-refractivity contribution is 5.41. The Kier molecular flexibility index (Phi) is 4.25. The average molecular weight is 290 g/mol. The van der Waals surface area contributed by atoms with Crippen molar-refractivity contribution < 1.29 is 36.2 Å². The van der Waals surface area contributed by atoms with Gasteiger partial charge in [-0.1, -0.05) is 0 Å². The van der Waals surface area contributed by atoms with Gasteiger partial charge in [-0.2, -0.15) is 13.2 Å². The van der Waals surface area contributed by atoms with E-state index in [1.165, 1.54) is 0 Å². The van der Waals surface area contributed by atoms with E-state index in [0.29, 0.717) is 0 Å². The van der Waals surface area contributed by atoms with Crippen molar-refractivity contribution >= 4 is 0 Å². The Labute approximate surface area is 102 Å². The number of hydrogen-bond acceptors (Lipinski definition) is 4. The number of ether oxygens (including phenoxy) is 1. The number of halogens is 6. The molecule has 0 aliphatic carbocycles. The molecular weight excluding hydrogens is 282 g/mol. The topological polar surface area (TPSA) is 68.4 Å². The van der Waals surface area contributed by atoms with E-state index < -0.39 is 48.3 Å². The normalized spacial score (nSPS) is 12.6. The van der Waals surface area contributed by atoms with Crippen molar-refractivity contribution in [2.24, 2.45) is 5.73 Å². The minimum Gasteiger partial charge on any atom is -0.404 e. The Hall–Kier alpha value is -1.55. The number of nitrogens with zero attached hydrogens (tertiary/aromatic N) is 1. The number of aromatic nitrogens is 1.